The molecule has 1 fully saturated rings. The highest BCUT2D eigenvalue weighted by Gasteiger charge is 2.29. The normalized spacial score (nSPS) is 16.6. The minimum Gasteiger partial charge on any atom is -0.388 e. The number of aryl methyl sites for hydroxylation is 1. The quantitative estimate of drug-likeness (QED) is 0.800. The smallest absolute Gasteiger partial charge is 0.319 e. The Bertz CT molecular complexity index is 707. The van der Waals surface area contributed by atoms with Crippen LogP contribution in [0, 0.1) is 6.92 Å². The van der Waals surface area contributed by atoms with Crippen LogP contribution in [0.1, 0.15) is 38.0 Å². The molecule has 0 radical (unpaired) electrons. The van der Waals surface area contributed by atoms with Crippen molar-refractivity contribution < 1.29 is 14.4 Å². The third-order valence-corrected chi connectivity index (χ3v) is 4.27. The molecule has 0 atom stereocenters. The van der Waals surface area contributed by atoms with Gasteiger partial charge in [0.15, 0.2) is 0 Å². The van der Waals surface area contributed by atoms with Crippen molar-refractivity contribution >= 4 is 11.7 Å². The van der Waals surface area contributed by atoms with Crippen LogP contribution in [0.25, 0.3) is 11.4 Å². The van der Waals surface area contributed by atoms with Crippen LogP contribution in [0.4, 0.5) is 10.5 Å². The Morgan fingerprint density at radius 2 is 2.12 bits per heavy atom. The summed E-state index contributed by atoms with van der Waals surface area (Å²) in [5.74, 6) is 0.968. The van der Waals surface area contributed by atoms with Gasteiger partial charge in [-0.25, -0.2) is 4.79 Å². The van der Waals surface area contributed by atoms with Crippen LogP contribution in [0.3, 0.4) is 0 Å². The summed E-state index contributed by atoms with van der Waals surface area (Å²) in [6, 6.07) is 6.88. The number of benzene rings is 1. The lowest BCUT2D eigenvalue weighted by Crippen LogP contribution is -2.45. The molecule has 7 nitrogen and oxygen atoms in total. The van der Waals surface area contributed by atoms with Crippen LogP contribution in [0.15, 0.2) is 28.8 Å². The molecule has 7 heteroatoms. The summed E-state index contributed by atoms with van der Waals surface area (Å²) >= 11 is 0. The number of hydrogen-bond acceptors (Lipinski definition) is 5. The summed E-state index contributed by atoms with van der Waals surface area (Å²) in [6.45, 7) is 1.99. The van der Waals surface area contributed by atoms with Crippen LogP contribution < -0.4 is 10.6 Å². The van der Waals surface area contributed by atoms with E-state index in [1.807, 2.05) is 12.1 Å². The highest BCUT2D eigenvalue weighted by molar-refractivity contribution is 5.89. The Morgan fingerprint density at radius 3 is 2.83 bits per heavy atom. The zero-order chi connectivity index (χ0) is 17.0. The molecule has 0 spiro atoms. The molecule has 1 heterocycles. The third kappa shape index (κ3) is 4.11. The van der Waals surface area contributed by atoms with E-state index >= 15 is 0 Å². The summed E-state index contributed by atoms with van der Waals surface area (Å²) in [4.78, 5) is 16.2. The minimum absolute atomic E-state index is 0.266. The van der Waals surface area contributed by atoms with E-state index in [0.29, 0.717) is 17.4 Å². The van der Waals surface area contributed by atoms with Crippen molar-refractivity contribution in [3.05, 3.63) is 30.2 Å². The molecular formula is C17H22N4O3. The molecule has 0 bridgehead atoms. The van der Waals surface area contributed by atoms with E-state index in [2.05, 4.69) is 20.8 Å². The molecule has 3 rings (SSSR count). The van der Waals surface area contributed by atoms with E-state index in [1.54, 1.807) is 19.1 Å². The van der Waals surface area contributed by atoms with Gasteiger partial charge in [-0.2, -0.15) is 4.98 Å². The fraction of sp³-hybridized carbons (Fsp3) is 0.471. The number of rotatable bonds is 4. The molecule has 0 saturated heterocycles. The van der Waals surface area contributed by atoms with Gasteiger partial charge in [0.25, 0.3) is 0 Å². The van der Waals surface area contributed by atoms with Gasteiger partial charge in [-0.3, -0.25) is 0 Å². The van der Waals surface area contributed by atoms with Crippen molar-refractivity contribution in [3.63, 3.8) is 0 Å². The average Bonchev–Trinajstić information content (AvgIpc) is 3.01. The Balaban J connectivity index is 1.58. The first kappa shape index (κ1) is 16.4. The fourth-order valence-electron chi connectivity index (χ4n) is 2.96. The van der Waals surface area contributed by atoms with E-state index in [-0.39, 0.29) is 12.6 Å². The molecule has 24 heavy (non-hydrogen) atoms. The highest BCUT2D eigenvalue weighted by atomic mass is 16.5. The molecule has 2 amide bonds. The number of nitrogens with zero attached hydrogens (tertiary/aromatic N) is 2. The Labute approximate surface area is 140 Å². The van der Waals surface area contributed by atoms with E-state index < -0.39 is 5.60 Å². The molecular weight excluding hydrogens is 308 g/mol. The number of anilines is 1. The molecule has 0 unspecified atom stereocenters. The fourth-order valence-corrected chi connectivity index (χ4v) is 2.96. The van der Waals surface area contributed by atoms with Crippen LogP contribution in [-0.4, -0.2) is 33.4 Å². The van der Waals surface area contributed by atoms with Gasteiger partial charge in [0, 0.05) is 24.7 Å². The Kier molecular flexibility index (Phi) is 4.80. The zero-order valence-corrected chi connectivity index (χ0v) is 13.7. The Morgan fingerprint density at radius 1 is 1.33 bits per heavy atom. The standard InChI is InChI=1S/C17H22N4O3/c1-12-19-15(21-24-12)13-6-5-7-14(10-13)20-16(22)18-11-17(23)8-3-2-4-9-17/h5-7,10,23H,2-4,8-9,11H2,1H3,(H2,18,20,22). The molecule has 3 N–H and O–H groups in total. The average molecular weight is 330 g/mol. The zero-order valence-electron chi connectivity index (χ0n) is 13.7. The number of carbonyl (C=O) groups excluding carboxylic acids is 1. The maximum atomic E-state index is 12.1. The molecule has 1 saturated carbocycles. The summed E-state index contributed by atoms with van der Waals surface area (Å²) in [6.07, 6.45) is 4.63. The summed E-state index contributed by atoms with van der Waals surface area (Å²) in [5, 5.41) is 19.8. The molecule has 0 aliphatic heterocycles. The second-order valence-electron chi connectivity index (χ2n) is 6.31. The monoisotopic (exact) mass is 330 g/mol. The number of nitrogens with one attached hydrogen (secondary N) is 2. The van der Waals surface area contributed by atoms with Gasteiger partial charge < -0.3 is 20.3 Å². The largest absolute Gasteiger partial charge is 0.388 e. The number of hydrogen-bond donors (Lipinski definition) is 3. The molecule has 2 aromatic rings. The van der Waals surface area contributed by atoms with Gasteiger partial charge in [0.1, 0.15) is 0 Å². The van der Waals surface area contributed by atoms with Crippen LogP contribution in [0.2, 0.25) is 0 Å². The van der Waals surface area contributed by atoms with Crippen molar-refractivity contribution in [2.24, 2.45) is 0 Å². The maximum Gasteiger partial charge on any atom is 0.319 e. The molecule has 1 aliphatic carbocycles. The summed E-state index contributed by atoms with van der Waals surface area (Å²) in [7, 11) is 0. The van der Waals surface area contributed by atoms with Gasteiger partial charge in [0.2, 0.25) is 11.7 Å². The third-order valence-electron chi connectivity index (χ3n) is 4.27. The van der Waals surface area contributed by atoms with E-state index in [4.69, 9.17) is 4.52 Å². The number of carbonyl (C=O) groups is 1. The number of amides is 2. The predicted molar refractivity (Wildman–Crippen MR) is 89.5 cm³/mol. The minimum atomic E-state index is -0.778. The number of aliphatic hydroxyl groups is 1. The van der Waals surface area contributed by atoms with Crippen molar-refractivity contribution in [1.29, 1.82) is 0 Å². The first-order chi connectivity index (χ1) is 11.5. The predicted octanol–water partition coefficient (Wildman–Crippen LogP) is 2.86. The van der Waals surface area contributed by atoms with Gasteiger partial charge >= 0.3 is 6.03 Å². The Hall–Kier alpha value is -2.41. The number of urea groups is 1. The maximum absolute atomic E-state index is 12.1. The second-order valence-corrected chi connectivity index (χ2v) is 6.31. The van der Waals surface area contributed by atoms with Gasteiger partial charge in [0.05, 0.1) is 5.60 Å². The van der Waals surface area contributed by atoms with Crippen LogP contribution in [0.5, 0.6) is 0 Å². The van der Waals surface area contributed by atoms with Crippen molar-refractivity contribution in [2.75, 3.05) is 11.9 Å². The summed E-state index contributed by atoms with van der Waals surface area (Å²) in [5.41, 5.74) is 0.609. The van der Waals surface area contributed by atoms with Gasteiger partial charge in [-0.1, -0.05) is 36.6 Å². The lowest BCUT2D eigenvalue weighted by atomic mass is 9.85. The molecule has 1 aromatic carbocycles. The van der Waals surface area contributed by atoms with Gasteiger partial charge in [-0.15, -0.1) is 0 Å². The lowest BCUT2D eigenvalue weighted by Gasteiger charge is -2.32. The van der Waals surface area contributed by atoms with Crippen molar-refractivity contribution in [2.45, 2.75) is 44.6 Å². The molecule has 128 valence electrons. The molecule has 1 aromatic heterocycles. The SMILES string of the molecule is Cc1nc(-c2cccc(NC(=O)NCC3(O)CCCCC3)c2)no1. The van der Waals surface area contributed by atoms with Crippen molar-refractivity contribution in [3.8, 4) is 11.4 Å². The van der Waals surface area contributed by atoms with Crippen LogP contribution in [-0.2, 0) is 0 Å². The topological polar surface area (TPSA) is 100 Å². The van der Waals surface area contributed by atoms with Crippen LogP contribution >= 0.6 is 0 Å². The summed E-state index contributed by atoms with van der Waals surface area (Å²) < 4.78 is 4.97. The molecule has 1 aliphatic rings. The lowest BCUT2D eigenvalue weighted by molar-refractivity contribution is 0.00755. The van der Waals surface area contributed by atoms with E-state index in [0.717, 1.165) is 37.7 Å². The van der Waals surface area contributed by atoms with Crippen molar-refractivity contribution in [1.82, 2.24) is 15.5 Å². The first-order valence-corrected chi connectivity index (χ1v) is 8.22. The first-order valence-electron chi connectivity index (χ1n) is 8.22. The van der Waals surface area contributed by atoms with E-state index in [1.165, 1.54) is 0 Å². The second kappa shape index (κ2) is 7.00. The highest BCUT2D eigenvalue weighted by Crippen LogP contribution is 2.27. The van der Waals surface area contributed by atoms with E-state index in [9.17, 15) is 9.90 Å². The number of aromatic nitrogens is 2. The van der Waals surface area contributed by atoms with Gasteiger partial charge in [-0.05, 0) is 25.0 Å².